The first-order valence-electron chi connectivity index (χ1n) is 8.42. The summed E-state index contributed by atoms with van der Waals surface area (Å²) in [6.07, 6.45) is -1.53. The van der Waals surface area contributed by atoms with E-state index in [0.717, 1.165) is 15.1 Å². The van der Waals surface area contributed by atoms with Crippen molar-refractivity contribution in [3.8, 4) is 0 Å². The summed E-state index contributed by atoms with van der Waals surface area (Å²) in [4.78, 5) is 69.8. The molecule has 15 heteroatoms. The van der Waals surface area contributed by atoms with Gasteiger partial charge in [0.2, 0.25) is 17.7 Å². The number of carbonyl (C=O) groups is 6. The van der Waals surface area contributed by atoms with Crippen molar-refractivity contribution in [2.45, 2.75) is 13.3 Å². The molecule has 15 nitrogen and oxygen atoms in total. The zero-order valence-corrected chi connectivity index (χ0v) is 15.3. The molecule has 2 aliphatic heterocycles. The fraction of sp³-hybridized carbons (Fsp3) is 0.571. The Hall–Kier alpha value is -3.30. The van der Waals surface area contributed by atoms with Gasteiger partial charge in [0.05, 0.1) is 0 Å². The molecule has 0 spiro atoms. The van der Waals surface area contributed by atoms with E-state index in [2.05, 4.69) is 5.32 Å². The van der Waals surface area contributed by atoms with E-state index in [1.807, 2.05) is 0 Å². The van der Waals surface area contributed by atoms with Crippen LogP contribution >= 0.6 is 0 Å². The molecule has 4 N–H and O–H groups in total. The molecule has 2 rings (SSSR count). The molecular weight excluding hydrogens is 396 g/mol. The molecule has 0 bridgehead atoms. The molecular formula is C14H20N6O9. The highest BCUT2D eigenvalue weighted by Crippen LogP contribution is 2.23. The van der Waals surface area contributed by atoms with Gasteiger partial charge in [-0.05, 0) is 0 Å². The number of aliphatic carboxylic acids is 2. The largest absolute Gasteiger partial charge is 0.480 e. The minimum atomic E-state index is -1.62. The second-order valence-electron chi connectivity index (χ2n) is 6.29. The second-order valence-corrected chi connectivity index (χ2v) is 6.29. The highest BCUT2D eigenvalue weighted by Gasteiger charge is 2.49. The number of hydrogen-bond donors (Lipinski definition) is 4. The molecule has 1 atom stereocenters. The van der Waals surface area contributed by atoms with Gasteiger partial charge in [0.1, 0.15) is 19.6 Å². The lowest BCUT2D eigenvalue weighted by molar-refractivity contribution is -0.474. The number of amides is 4. The topological polar surface area (TPSA) is 191 Å². The lowest BCUT2D eigenvalue weighted by Gasteiger charge is -2.56. The maximum atomic E-state index is 12.1. The Morgan fingerprint density at radius 1 is 0.966 bits per heavy atom. The van der Waals surface area contributed by atoms with Gasteiger partial charge in [-0.25, -0.2) is 4.79 Å². The SMILES string of the molecule is CC1CC(=O)N(CCNC(=O)CN2N(CC(=O)O)N(CC(=O)O)N2C(=O)O)C1=O. The lowest BCUT2D eigenvalue weighted by Crippen LogP contribution is -2.81. The van der Waals surface area contributed by atoms with Crippen molar-refractivity contribution in [1.29, 1.82) is 0 Å². The van der Waals surface area contributed by atoms with Crippen LogP contribution in [0.15, 0.2) is 0 Å². The van der Waals surface area contributed by atoms with Gasteiger partial charge in [-0.15, -0.1) is 20.5 Å². The van der Waals surface area contributed by atoms with Crippen LogP contribution in [0.25, 0.3) is 0 Å². The van der Waals surface area contributed by atoms with Crippen molar-refractivity contribution in [3.05, 3.63) is 0 Å². The summed E-state index contributed by atoms with van der Waals surface area (Å²) in [6.45, 7) is -0.771. The van der Waals surface area contributed by atoms with Crippen LogP contribution in [0.3, 0.4) is 0 Å². The smallest absolute Gasteiger partial charge is 0.439 e. The third-order valence-corrected chi connectivity index (χ3v) is 4.11. The average molecular weight is 416 g/mol. The molecule has 2 aliphatic rings. The summed E-state index contributed by atoms with van der Waals surface area (Å²) in [5.74, 6) is -4.64. The summed E-state index contributed by atoms with van der Waals surface area (Å²) in [5, 5.41) is 32.0. The number of nitrogens with zero attached hydrogens (tertiary/aromatic N) is 5. The van der Waals surface area contributed by atoms with E-state index in [-0.39, 0.29) is 31.3 Å². The summed E-state index contributed by atoms with van der Waals surface area (Å²) >= 11 is 0. The molecule has 2 heterocycles. The van der Waals surface area contributed by atoms with E-state index in [1.54, 1.807) is 6.92 Å². The number of nitrogens with one attached hydrogen (secondary N) is 1. The Kier molecular flexibility index (Phi) is 6.68. The first-order valence-corrected chi connectivity index (χ1v) is 8.42. The highest BCUT2D eigenvalue weighted by atomic mass is 16.5. The minimum Gasteiger partial charge on any atom is -0.480 e. The molecule has 2 saturated heterocycles. The fourth-order valence-corrected chi connectivity index (χ4v) is 2.88. The Bertz CT molecular complexity index is 743. The summed E-state index contributed by atoms with van der Waals surface area (Å²) in [5.41, 5.74) is 0. The maximum absolute atomic E-state index is 12.1. The summed E-state index contributed by atoms with van der Waals surface area (Å²) in [7, 11) is 0. The molecule has 0 aromatic heterocycles. The predicted octanol–water partition coefficient (Wildman–Crippen LogP) is -2.77. The second kappa shape index (κ2) is 8.80. The first-order chi connectivity index (χ1) is 13.5. The quantitative estimate of drug-likeness (QED) is 0.283. The van der Waals surface area contributed by atoms with Crippen LogP contribution in [0.4, 0.5) is 4.79 Å². The van der Waals surface area contributed by atoms with Crippen LogP contribution in [0.5, 0.6) is 0 Å². The number of hydrogen-bond acceptors (Lipinski definition) is 9. The Morgan fingerprint density at radius 3 is 2.00 bits per heavy atom. The number of hydrazine groups is 4. The molecule has 0 aliphatic carbocycles. The number of carboxylic acid groups (broad SMARTS) is 3. The van der Waals surface area contributed by atoms with Crippen molar-refractivity contribution in [1.82, 2.24) is 30.7 Å². The fourth-order valence-electron chi connectivity index (χ4n) is 2.88. The number of imide groups is 1. The van der Waals surface area contributed by atoms with Gasteiger partial charge < -0.3 is 20.6 Å². The average Bonchev–Trinajstić information content (AvgIpc) is 2.83. The number of rotatable bonds is 9. The van der Waals surface area contributed by atoms with Crippen LogP contribution < -0.4 is 5.32 Å². The zero-order valence-electron chi connectivity index (χ0n) is 15.3. The van der Waals surface area contributed by atoms with Gasteiger partial charge >= 0.3 is 18.0 Å². The lowest BCUT2D eigenvalue weighted by atomic mass is 10.1. The van der Waals surface area contributed by atoms with E-state index >= 15 is 0 Å². The Labute approximate surface area is 163 Å². The zero-order chi connectivity index (χ0) is 21.9. The Morgan fingerprint density at radius 2 is 1.52 bits per heavy atom. The number of likely N-dealkylation sites (tertiary alicyclic amines) is 1. The van der Waals surface area contributed by atoms with Crippen molar-refractivity contribution in [3.63, 3.8) is 0 Å². The van der Waals surface area contributed by atoms with Gasteiger partial charge in [0.15, 0.2) is 0 Å². The van der Waals surface area contributed by atoms with Crippen LogP contribution in [0.1, 0.15) is 13.3 Å². The van der Waals surface area contributed by atoms with E-state index in [9.17, 15) is 33.9 Å². The van der Waals surface area contributed by atoms with E-state index in [4.69, 9.17) is 10.2 Å². The van der Waals surface area contributed by atoms with Gasteiger partial charge in [0, 0.05) is 25.4 Å². The summed E-state index contributed by atoms with van der Waals surface area (Å²) < 4.78 is 0. The predicted molar refractivity (Wildman–Crippen MR) is 88.8 cm³/mol. The molecule has 0 aromatic rings. The molecule has 0 saturated carbocycles. The van der Waals surface area contributed by atoms with E-state index in [0.29, 0.717) is 10.2 Å². The van der Waals surface area contributed by atoms with Crippen molar-refractivity contribution >= 4 is 35.8 Å². The Balaban J connectivity index is 1.94. The van der Waals surface area contributed by atoms with Crippen molar-refractivity contribution in [2.75, 3.05) is 32.7 Å². The number of carbonyl (C=O) groups excluding carboxylic acids is 3. The third-order valence-electron chi connectivity index (χ3n) is 4.11. The van der Waals surface area contributed by atoms with Crippen LogP contribution in [0, 0.1) is 5.92 Å². The van der Waals surface area contributed by atoms with Crippen LogP contribution in [-0.2, 0) is 24.0 Å². The molecule has 0 aromatic carbocycles. The number of carboxylic acids is 2. The molecule has 2 fully saturated rings. The van der Waals surface area contributed by atoms with Gasteiger partial charge in [-0.1, -0.05) is 6.92 Å². The third kappa shape index (κ3) is 4.95. The van der Waals surface area contributed by atoms with Gasteiger partial charge in [0.25, 0.3) is 0 Å². The molecule has 4 amide bonds. The maximum Gasteiger partial charge on any atom is 0.439 e. The molecule has 0 radical (unpaired) electrons. The van der Waals surface area contributed by atoms with Gasteiger partial charge in [-0.3, -0.25) is 28.9 Å². The van der Waals surface area contributed by atoms with Gasteiger partial charge in [-0.2, -0.15) is 0 Å². The summed E-state index contributed by atoms with van der Waals surface area (Å²) in [6, 6.07) is 0. The standard InChI is InChI=1S/C14H20N6O9/c1-8-4-10(22)16(13(8)27)3-2-15-9(21)5-18-17(6-11(23)24)19(7-12(25)26)20(18)14(28)29/h8H,2-7H2,1H3,(H,15,21)(H,23,24)(H,25,26)(H,28,29). The molecule has 29 heavy (non-hydrogen) atoms. The van der Waals surface area contributed by atoms with Crippen LogP contribution in [0.2, 0.25) is 0 Å². The normalized spacial score (nSPS) is 20.7. The van der Waals surface area contributed by atoms with E-state index < -0.39 is 49.5 Å². The minimum absolute atomic E-state index is 0.0552. The van der Waals surface area contributed by atoms with Crippen molar-refractivity contribution in [2.24, 2.45) is 5.92 Å². The van der Waals surface area contributed by atoms with Crippen molar-refractivity contribution < 1.29 is 44.1 Å². The first kappa shape index (κ1) is 22.0. The van der Waals surface area contributed by atoms with E-state index in [1.165, 1.54) is 0 Å². The monoisotopic (exact) mass is 416 g/mol. The molecule has 1 unspecified atom stereocenters. The van der Waals surface area contributed by atoms with Crippen LogP contribution in [-0.4, -0.2) is 109 Å². The molecule has 160 valence electrons. The highest BCUT2D eigenvalue weighted by molar-refractivity contribution is 6.03.